The van der Waals surface area contributed by atoms with Gasteiger partial charge in [0.15, 0.2) is 0 Å². The van der Waals surface area contributed by atoms with Crippen molar-refractivity contribution < 1.29 is 4.84 Å². The van der Waals surface area contributed by atoms with Crippen molar-refractivity contribution in [1.82, 2.24) is 16.5 Å². The fourth-order valence-electron chi connectivity index (χ4n) is 1.28. The van der Waals surface area contributed by atoms with Crippen molar-refractivity contribution in [3.63, 3.8) is 0 Å². The second-order valence-corrected chi connectivity index (χ2v) is 3.12. The van der Waals surface area contributed by atoms with Gasteiger partial charge in [-0.2, -0.15) is 5.53 Å². The molecule has 0 saturated carbocycles. The van der Waals surface area contributed by atoms with Crippen LogP contribution in [0.25, 0.3) is 0 Å². The zero-order valence-corrected chi connectivity index (χ0v) is 7.57. The van der Waals surface area contributed by atoms with E-state index in [1.165, 1.54) is 32.1 Å². The highest BCUT2D eigenvalue weighted by Crippen LogP contribution is 2.04. The molecule has 0 aromatic heterocycles. The van der Waals surface area contributed by atoms with E-state index in [0.29, 0.717) is 0 Å². The van der Waals surface area contributed by atoms with E-state index in [-0.39, 0.29) is 0 Å². The molecule has 72 valence electrons. The van der Waals surface area contributed by atoms with E-state index in [2.05, 4.69) is 16.5 Å². The van der Waals surface area contributed by atoms with Gasteiger partial charge < -0.3 is 0 Å². The molecule has 1 heterocycles. The molecule has 0 amide bonds. The van der Waals surface area contributed by atoms with E-state index in [1.54, 1.807) is 0 Å². The van der Waals surface area contributed by atoms with Crippen molar-refractivity contribution in [2.75, 3.05) is 13.2 Å². The van der Waals surface area contributed by atoms with Gasteiger partial charge in [-0.25, -0.2) is 5.43 Å². The minimum absolute atomic E-state index is 0.786. The van der Waals surface area contributed by atoms with E-state index in [0.717, 1.165) is 19.6 Å². The standard InChI is InChI=1S/C8H19N3O/c1-2-4-6-8-12-11-10-9-7-5-3-1/h9-11H,1-8H2. The summed E-state index contributed by atoms with van der Waals surface area (Å²) in [5.41, 5.74) is 8.44. The quantitative estimate of drug-likeness (QED) is 0.508. The zero-order valence-electron chi connectivity index (χ0n) is 7.57. The smallest absolute Gasteiger partial charge is 0.0699 e. The molecule has 0 aromatic rings. The van der Waals surface area contributed by atoms with Gasteiger partial charge in [-0.3, -0.25) is 4.84 Å². The maximum Gasteiger partial charge on any atom is 0.0699 e. The van der Waals surface area contributed by atoms with Gasteiger partial charge in [-0.1, -0.05) is 25.7 Å². The average molecular weight is 173 g/mol. The van der Waals surface area contributed by atoms with E-state index in [9.17, 15) is 0 Å². The fourth-order valence-corrected chi connectivity index (χ4v) is 1.28. The SMILES string of the molecule is C1CCCCONNNCCC1. The van der Waals surface area contributed by atoms with Gasteiger partial charge in [0.1, 0.15) is 0 Å². The Labute approximate surface area is 73.9 Å². The van der Waals surface area contributed by atoms with Crippen LogP contribution < -0.4 is 16.5 Å². The lowest BCUT2D eigenvalue weighted by molar-refractivity contribution is -0.00270. The van der Waals surface area contributed by atoms with Crippen LogP contribution in [0.2, 0.25) is 0 Å². The van der Waals surface area contributed by atoms with Gasteiger partial charge in [-0.15, -0.1) is 5.59 Å². The second kappa shape index (κ2) is 7.49. The van der Waals surface area contributed by atoms with Crippen LogP contribution in [0.15, 0.2) is 0 Å². The highest BCUT2D eigenvalue weighted by molar-refractivity contribution is 4.47. The fraction of sp³-hybridized carbons (Fsp3) is 1.00. The summed E-state index contributed by atoms with van der Waals surface area (Å²) in [6.07, 6.45) is 7.69. The topological polar surface area (TPSA) is 45.3 Å². The summed E-state index contributed by atoms with van der Waals surface area (Å²) in [5, 5.41) is 0. The Hall–Kier alpha value is -0.160. The van der Waals surface area contributed by atoms with Crippen LogP contribution in [0, 0.1) is 0 Å². The first-order valence-electron chi connectivity index (χ1n) is 4.85. The molecule has 4 heteroatoms. The van der Waals surface area contributed by atoms with Crippen LogP contribution in [0.5, 0.6) is 0 Å². The van der Waals surface area contributed by atoms with Crippen molar-refractivity contribution in [1.29, 1.82) is 0 Å². The molecule has 0 spiro atoms. The Bertz CT molecular complexity index is 57.3. The predicted octanol–water partition coefficient (Wildman–Crippen LogP) is 0.871. The van der Waals surface area contributed by atoms with Crippen molar-refractivity contribution in [3.05, 3.63) is 0 Å². The third-order valence-corrected chi connectivity index (χ3v) is 2.01. The molecule has 12 heavy (non-hydrogen) atoms. The van der Waals surface area contributed by atoms with Crippen molar-refractivity contribution in [2.45, 2.75) is 38.5 Å². The summed E-state index contributed by atoms with van der Waals surface area (Å²) < 4.78 is 0. The summed E-state index contributed by atoms with van der Waals surface area (Å²) in [7, 11) is 0. The van der Waals surface area contributed by atoms with Crippen LogP contribution in [0.3, 0.4) is 0 Å². The van der Waals surface area contributed by atoms with E-state index in [4.69, 9.17) is 4.84 Å². The number of nitrogens with one attached hydrogen (secondary N) is 3. The Morgan fingerprint density at radius 2 is 1.58 bits per heavy atom. The molecular formula is C8H19N3O. The van der Waals surface area contributed by atoms with E-state index >= 15 is 0 Å². The third kappa shape index (κ3) is 5.49. The molecule has 4 nitrogen and oxygen atoms in total. The minimum Gasteiger partial charge on any atom is -0.286 e. The van der Waals surface area contributed by atoms with Gasteiger partial charge in [-0.05, 0) is 12.8 Å². The molecule has 1 fully saturated rings. The van der Waals surface area contributed by atoms with Crippen molar-refractivity contribution >= 4 is 0 Å². The molecule has 1 aliphatic rings. The molecule has 0 radical (unpaired) electrons. The van der Waals surface area contributed by atoms with Crippen LogP contribution in [-0.4, -0.2) is 13.2 Å². The maximum atomic E-state index is 5.08. The Kier molecular flexibility index (Phi) is 6.19. The lowest BCUT2D eigenvalue weighted by Crippen LogP contribution is -2.43. The molecule has 1 rings (SSSR count). The number of hydrogen-bond donors (Lipinski definition) is 3. The highest BCUT2D eigenvalue weighted by Gasteiger charge is 1.94. The second-order valence-electron chi connectivity index (χ2n) is 3.12. The Balaban J connectivity index is 2.00. The molecule has 0 aliphatic carbocycles. The lowest BCUT2D eigenvalue weighted by Gasteiger charge is -2.10. The molecule has 0 aromatic carbocycles. The molecule has 1 aliphatic heterocycles. The lowest BCUT2D eigenvalue weighted by atomic mass is 10.1. The van der Waals surface area contributed by atoms with Crippen LogP contribution in [-0.2, 0) is 4.84 Å². The summed E-state index contributed by atoms with van der Waals surface area (Å²) >= 11 is 0. The molecule has 0 bridgehead atoms. The first-order valence-corrected chi connectivity index (χ1v) is 4.85. The monoisotopic (exact) mass is 173 g/mol. The molecule has 0 unspecified atom stereocenters. The largest absolute Gasteiger partial charge is 0.286 e. The van der Waals surface area contributed by atoms with Gasteiger partial charge in [0.05, 0.1) is 6.61 Å². The first-order chi connectivity index (χ1) is 6.00. The number of hydrazine groups is 2. The number of hydrogen-bond acceptors (Lipinski definition) is 4. The van der Waals surface area contributed by atoms with E-state index in [1.807, 2.05) is 0 Å². The summed E-state index contributed by atoms with van der Waals surface area (Å²) in [4.78, 5) is 5.08. The Morgan fingerprint density at radius 1 is 0.833 bits per heavy atom. The van der Waals surface area contributed by atoms with Gasteiger partial charge in [0, 0.05) is 6.54 Å². The van der Waals surface area contributed by atoms with Gasteiger partial charge in [0.25, 0.3) is 0 Å². The molecule has 0 atom stereocenters. The minimum atomic E-state index is 0.786. The van der Waals surface area contributed by atoms with Crippen molar-refractivity contribution in [2.24, 2.45) is 0 Å². The summed E-state index contributed by atoms with van der Waals surface area (Å²) in [5.74, 6) is 0. The molecular weight excluding hydrogens is 154 g/mol. The van der Waals surface area contributed by atoms with Crippen molar-refractivity contribution in [3.8, 4) is 0 Å². The van der Waals surface area contributed by atoms with Crippen LogP contribution >= 0.6 is 0 Å². The zero-order chi connectivity index (χ0) is 8.49. The normalized spacial score (nSPS) is 24.0. The van der Waals surface area contributed by atoms with Crippen LogP contribution in [0.1, 0.15) is 38.5 Å². The number of rotatable bonds is 0. The molecule has 3 N–H and O–H groups in total. The first kappa shape index (κ1) is 9.92. The Morgan fingerprint density at radius 3 is 2.50 bits per heavy atom. The predicted molar refractivity (Wildman–Crippen MR) is 47.9 cm³/mol. The van der Waals surface area contributed by atoms with Gasteiger partial charge in [0.2, 0.25) is 0 Å². The third-order valence-electron chi connectivity index (χ3n) is 2.01. The molecule has 1 saturated heterocycles. The maximum absolute atomic E-state index is 5.08. The average Bonchev–Trinajstić information content (AvgIpc) is 2.05. The van der Waals surface area contributed by atoms with E-state index < -0.39 is 0 Å². The summed E-state index contributed by atoms with van der Waals surface area (Å²) in [6, 6.07) is 0. The van der Waals surface area contributed by atoms with Gasteiger partial charge >= 0.3 is 0 Å². The summed E-state index contributed by atoms with van der Waals surface area (Å²) in [6.45, 7) is 1.78. The van der Waals surface area contributed by atoms with Crippen LogP contribution in [0.4, 0.5) is 0 Å². The highest BCUT2D eigenvalue weighted by atomic mass is 16.7.